The SMILES string of the molecule is CC.CC.CNC(=O)C(O)c1cccc(/C(N)=N/OC=O)c1. The molecule has 7 heteroatoms. The summed E-state index contributed by atoms with van der Waals surface area (Å²) in [7, 11) is 1.42. The summed E-state index contributed by atoms with van der Waals surface area (Å²) in [5.41, 5.74) is 6.33. The molecule has 4 N–H and O–H groups in total. The third-order valence-corrected chi connectivity index (χ3v) is 2.19. The van der Waals surface area contributed by atoms with Crippen LogP contribution in [-0.2, 0) is 14.4 Å². The summed E-state index contributed by atoms with van der Waals surface area (Å²) in [6.45, 7) is 8.14. The van der Waals surface area contributed by atoms with Crippen molar-refractivity contribution < 1.29 is 19.5 Å². The number of hydrogen-bond acceptors (Lipinski definition) is 5. The van der Waals surface area contributed by atoms with E-state index >= 15 is 0 Å². The van der Waals surface area contributed by atoms with Gasteiger partial charge in [-0.25, -0.2) is 0 Å². The fourth-order valence-corrected chi connectivity index (χ4v) is 1.29. The number of aliphatic hydroxyl groups excluding tert-OH is 1. The lowest BCUT2D eigenvalue weighted by atomic mass is 10.1. The summed E-state index contributed by atoms with van der Waals surface area (Å²) in [6, 6.07) is 6.25. The van der Waals surface area contributed by atoms with Crippen LogP contribution in [0.3, 0.4) is 0 Å². The Morgan fingerprint density at radius 1 is 1.36 bits per heavy atom. The minimum absolute atomic E-state index is 0.0342. The van der Waals surface area contributed by atoms with E-state index in [1.54, 1.807) is 18.2 Å². The number of likely N-dealkylation sites (N-methyl/N-ethyl adjacent to an activating group) is 1. The average Bonchev–Trinajstić information content (AvgIpc) is 2.61. The molecule has 1 aromatic carbocycles. The van der Waals surface area contributed by atoms with Crippen LogP contribution >= 0.6 is 0 Å². The van der Waals surface area contributed by atoms with Gasteiger partial charge >= 0.3 is 6.47 Å². The van der Waals surface area contributed by atoms with Crippen molar-refractivity contribution in [1.82, 2.24) is 5.32 Å². The number of nitrogens with two attached hydrogens (primary N) is 1. The topological polar surface area (TPSA) is 114 Å². The van der Waals surface area contributed by atoms with E-state index in [1.807, 2.05) is 27.7 Å². The molecule has 1 rings (SSSR count). The van der Waals surface area contributed by atoms with Gasteiger partial charge in [0, 0.05) is 12.6 Å². The van der Waals surface area contributed by atoms with Crippen LogP contribution in [0.4, 0.5) is 0 Å². The van der Waals surface area contributed by atoms with Crippen molar-refractivity contribution in [2.45, 2.75) is 33.8 Å². The van der Waals surface area contributed by atoms with Crippen LogP contribution in [0.1, 0.15) is 44.9 Å². The van der Waals surface area contributed by atoms with E-state index in [4.69, 9.17) is 5.73 Å². The molecule has 0 spiro atoms. The third kappa shape index (κ3) is 7.39. The molecule has 0 aliphatic carbocycles. The van der Waals surface area contributed by atoms with Crippen LogP contribution in [0.15, 0.2) is 29.4 Å². The lowest BCUT2D eigenvalue weighted by molar-refractivity contribution is -0.129. The van der Waals surface area contributed by atoms with E-state index in [0.717, 1.165) is 0 Å². The molecule has 0 radical (unpaired) electrons. The summed E-state index contributed by atoms with van der Waals surface area (Å²) >= 11 is 0. The highest BCUT2D eigenvalue weighted by molar-refractivity contribution is 5.97. The first kappa shape index (κ1) is 21.9. The lowest BCUT2D eigenvalue weighted by Crippen LogP contribution is -2.25. The number of amides is 1. The molecule has 0 bridgehead atoms. The van der Waals surface area contributed by atoms with Crippen molar-refractivity contribution in [2.24, 2.45) is 10.9 Å². The molecule has 22 heavy (non-hydrogen) atoms. The Morgan fingerprint density at radius 2 is 1.95 bits per heavy atom. The van der Waals surface area contributed by atoms with Gasteiger partial charge in [-0.1, -0.05) is 51.0 Å². The lowest BCUT2D eigenvalue weighted by Gasteiger charge is -2.10. The zero-order chi connectivity index (χ0) is 17.5. The number of carbonyl (C=O) groups excluding carboxylic acids is 2. The average molecular weight is 311 g/mol. The van der Waals surface area contributed by atoms with Crippen molar-refractivity contribution in [2.75, 3.05) is 7.05 Å². The van der Waals surface area contributed by atoms with Gasteiger partial charge in [-0.15, -0.1) is 0 Å². The molecule has 0 aliphatic heterocycles. The number of aliphatic hydroxyl groups is 1. The van der Waals surface area contributed by atoms with Gasteiger partial charge in [0.05, 0.1) is 0 Å². The molecule has 1 amide bonds. The van der Waals surface area contributed by atoms with Crippen LogP contribution in [0.2, 0.25) is 0 Å². The van der Waals surface area contributed by atoms with Gasteiger partial charge < -0.3 is 21.0 Å². The van der Waals surface area contributed by atoms with Crippen LogP contribution in [-0.4, -0.2) is 30.4 Å². The minimum Gasteiger partial charge on any atom is -0.380 e. The molecule has 1 atom stereocenters. The Morgan fingerprint density at radius 3 is 2.45 bits per heavy atom. The molecule has 7 nitrogen and oxygen atoms in total. The molecule has 0 saturated carbocycles. The quantitative estimate of drug-likeness (QED) is 0.249. The Labute approximate surface area is 131 Å². The maximum atomic E-state index is 11.3. The summed E-state index contributed by atoms with van der Waals surface area (Å²) in [4.78, 5) is 25.4. The zero-order valence-electron chi connectivity index (χ0n) is 13.7. The van der Waals surface area contributed by atoms with Gasteiger partial charge in [0.25, 0.3) is 5.91 Å². The highest BCUT2D eigenvalue weighted by Gasteiger charge is 2.16. The van der Waals surface area contributed by atoms with E-state index in [2.05, 4.69) is 15.3 Å². The molecule has 0 fully saturated rings. The molecule has 0 aromatic heterocycles. The molecule has 0 heterocycles. The first-order valence-corrected chi connectivity index (χ1v) is 7.03. The highest BCUT2D eigenvalue weighted by atomic mass is 16.7. The second-order valence-electron chi connectivity index (χ2n) is 3.32. The number of rotatable bonds is 5. The van der Waals surface area contributed by atoms with Gasteiger partial charge in [0.1, 0.15) is 0 Å². The van der Waals surface area contributed by atoms with Gasteiger partial charge in [0.2, 0.25) is 0 Å². The normalized spacial score (nSPS) is 10.9. The molecule has 1 aromatic rings. The maximum absolute atomic E-state index is 11.3. The van der Waals surface area contributed by atoms with Gasteiger partial charge in [-0.05, 0) is 11.6 Å². The van der Waals surface area contributed by atoms with Gasteiger partial charge in [-0.3, -0.25) is 9.59 Å². The maximum Gasteiger partial charge on any atom is 0.323 e. The molecule has 1 unspecified atom stereocenters. The second-order valence-corrected chi connectivity index (χ2v) is 3.32. The van der Waals surface area contributed by atoms with Crippen molar-refractivity contribution >= 4 is 18.2 Å². The Balaban J connectivity index is 0. The Bertz CT molecular complexity index is 476. The predicted octanol–water partition coefficient (Wildman–Crippen LogP) is 1.31. The standard InChI is InChI=1S/C11H13N3O4.2C2H6/c1-13-11(17)9(16)7-3-2-4-8(5-7)10(12)14-18-6-15;2*1-2/h2-6,9,16H,1H3,(H2,12,14)(H,13,17);2*1-2H3. The minimum atomic E-state index is -1.30. The first-order chi connectivity index (χ1) is 10.6. The number of amidine groups is 1. The van der Waals surface area contributed by atoms with E-state index < -0.39 is 12.0 Å². The van der Waals surface area contributed by atoms with Crippen LogP contribution in [0.25, 0.3) is 0 Å². The Hall–Kier alpha value is -2.41. The van der Waals surface area contributed by atoms with Crippen molar-refractivity contribution in [1.29, 1.82) is 0 Å². The monoisotopic (exact) mass is 311 g/mol. The number of hydrogen-bond donors (Lipinski definition) is 3. The van der Waals surface area contributed by atoms with Gasteiger partial charge in [-0.2, -0.15) is 0 Å². The molecular formula is C15H25N3O4. The van der Waals surface area contributed by atoms with Crippen LogP contribution < -0.4 is 11.1 Å². The second kappa shape index (κ2) is 13.6. The Kier molecular flexibility index (Phi) is 13.5. The van der Waals surface area contributed by atoms with Crippen molar-refractivity contribution in [3.63, 3.8) is 0 Å². The smallest absolute Gasteiger partial charge is 0.323 e. The number of benzene rings is 1. The summed E-state index contributed by atoms with van der Waals surface area (Å²) < 4.78 is 0. The number of nitrogens with zero attached hydrogens (tertiary/aromatic N) is 1. The number of carbonyl (C=O) groups is 2. The first-order valence-electron chi connectivity index (χ1n) is 7.03. The highest BCUT2D eigenvalue weighted by Crippen LogP contribution is 2.14. The summed E-state index contributed by atoms with van der Waals surface area (Å²) in [5.74, 6) is -0.570. The fourth-order valence-electron chi connectivity index (χ4n) is 1.29. The summed E-state index contributed by atoms with van der Waals surface area (Å²) in [5, 5.41) is 15.3. The van der Waals surface area contributed by atoms with E-state index in [9.17, 15) is 14.7 Å². The number of nitrogens with one attached hydrogen (secondary N) is 1. The van der Waals surface area contributed by atoms with Crippen molar-refractivity contribution in [3.05, 3.63) is 35.4 Å². The summed E-state index contributed by atoms with van der Waals surface area (Å²) in [6.07, 6.45) is -1.30. The third-order valence-electron chi connectivity index (χ3n) is 2.19. The molecule has 0 saturated heterocycles. The van der Waals surface area contributed by atoms with Gasteiger partial charge in [0.15, 0.2) is 11.9 Å². The fraction of sp³-hybridized carbons (Fsp3) is 0.400. The molecular weight excluding hydrogens is 286 g/mol. The van der Waals surface area contributed by atoms with E-state index in [1.165, 1.54) is 13.1 Å². The van der Waals surface area contributed by atoms with Crippen LogP contribution in [0, 0.1) is 0 Å². The van der Waals surface area contributed by atoms with E-state index in [0.29, 0.717) is 11.1 Å². The van der Waals surface area contributed by atoms with Crippen LogP contribution in [0.5, 0.6) is 0 Å². The molecule has 124 valence electrons. The van der Waals surface area contributed by atoms with Crippen molar-refractivity contribution in [3.8, 4) is 0 Å². The number of oxime groups is 1. The zero-order valence-corrected chi connectivity index (χ0v) is 13.7. The molecule has 0 aliphatic rings. The largest absolute Gasteiger partial charge is 0.380 e. The predicted molar refractivity (Wildman–Crippen MR) is 86.0 cm³/mol. The van der Waals surface area contributed by atoms with E-state index in [-0.39, 0.29) is 12.3 Å².